The lowest BCUT2D eigenvalue weighted by atomic mass is 10.1. The molecule has 5 nitrogen and oxygen atoms in total. The Morgan fingerprint density at radius 3 is 2.73 bits per heavy atom. The minimum atomic E-state index is -0.111. The number of hydrogen-bond acceptors (Lipinski definition) is 3. The van der Waals surface area contributed by atoms with Gasteiger partial charge in [-0.3, -0.25) is 9.48 Å². The molecule has 1 amide bonds. The molecule has 1 aromatic carbocycles. The highest BCUT2D eigenvalue weighted by molar-refractivity contribution is 9.10. The van der Waals surface area contributed by atoms with E-state index < -0.39 is 0 Å². The molecular weight excluding hydrogens is 416 g/mol. The van der Waals surface area contributed by atoms with Crippen molar-refractivity contribution in [3.8, 4) is 0 Å². The molecule has 134 valence electrons. The normalized spacial score (nSPS) is 14.0. The molecule has 0 radical (unpaired) electrons. The standard InChI is InChI=1S/C19H18BrClN4O/c1-10-17-13(9-15(11-4-5-11)22-18(17)25(3)23-10)19(26)24(2)16-7-6-12(20)8-14(16)21/h6-9,11H,4-5H2,1-3H3. The van der Waals surface area contributed by atoms with E-state index in [-0.39, 0.29) is 5.91 Å². The maximum atomic E-state index is 13.3. The second kappa shape index (κ2) is 6.35. The third-order valence-corrected chi connectivity index (χ3v) is 5.59. The van der Waals surface area contributed by atoms with Crippen LogP contribution in [0.1, 0.15) is 40.5 Å². The molecule has 4 rings (SSSR count). The van der Waals surface area contributed by atoms with E-state index in [1.165, 1.54) is 0 Å². The van der Waals surface area contributed by atoms with Gasteiger partial charge in [0.25, 0.3) is 5.91 Å². The van der Waals surface area contributed by atoms with Crippen molar-refractivity contribution >= 4 is 50.2 Å². The third kappa shape index (κ3) is 2.91. The van der Waals surface area contributed by atoms with Gasteiger partial charge >= 0.3 is 0 Å². The van der Waals surface area contributed by atoms with Crippen LogP contribution in [0.3, 0.4) is 0 Å². The van der Waals surface area contributed by atoms with Gasteiger partial charge in [0.05, 0.1) is 27.4 Å². The monoisotopic (exact) mass is 432 g/mol. The van der Waals surface area contributed by atoms with Gasteiger partial charge in [0.1, 0.15) is 0 Å². The molecule has 2 heterocycles. The number of hydrogen-bond donors (Lipinski definition) is 0. The fraction of sp³-hybridized carbons (Fsp3) is 0.316. The summed E-state index contributed by atoms with van der Waals surface area (Å²) in [6.07, 6.45) is 2.24. The fourth-order valence-corrected chi connectivity index (χ4v) is 4.06. The van der Waals surface area contributed by atoms with Crippen molar-refractivity contribution in [1.29, 1.82) is 0 Å². The Bertz CT molecular complexity index is 1040. The number of benzene rings is 1. The maximum Gasteiger partial charge on any atom is 0.258 e. The number of halogens is 2. The topological polar surface area (TPSA) is 51.0 Å². The molecule has 1 aliphatic carbocycles. The van der Waals surface area contributed by atoms with Crippen LogP contribution in [0.15, 0.2) is 28.7 Å². The van der Waals surface area contributed by atoms with E-state index >= 15 is 0 Å². The van der Waals surface area contributed by atoms with Crippen LogP contribution in [-0.2, 0) is 7.05 Å². The number of carbonyl (C=O) groups excluding carboxylic acids is 1. The molecule has 0 bridgehead atoms. The summed E-state index contributed by atoms with van der Waals surface area (Å²) in [4.78, 5) is 19.7. The SMILES string of the molecule is Cc1nn(C)c2nc(C3CC3)cc(C(=O)N(C)c3ccc(Br)cc3Cl)c12. The molecule has 0 unspecified atom stereocenters. The summed E-state index contributed by atoms with van der Waals surface area (Å²) in [6.45, 7) is 1.91. The number of amides is 1. The largest absolute Gasteiger partial charge is 0.310 e. The van der Waals surface area contributed by atoms with E-state index in [9.17, 15) is 4.79 Å². The Hall–Kier alpha value is -1.92. The lowest BCUT2D eigenvalue weighted by molar-refractivity contribution is 0.0994. The molecule has 2 aromatic heterocycles. The molecule has 7 heteroatoms. The van der Waals surface area contributed by atoms with Crippen molar-refractivity contribution in [3.05, 3.63) is 50.7 Å². The van der Waals surface area contributed by atoms with Crippen molar-refractivity contribution in [2.24, 2.45) is 7.05 Å². The number of carbonyl (C=O) groups is 1. The van der Waals surface area contributed by atoms with Gasteiger partial charge in [0.15, 0.2) is 5.65 Å². The molecule has 26 heavy (non-hydrogen) atoms. The van der Waals surface area contributed by atoms with Gasteiger partial charge in [0, 0.05) is 30.2 Å². The molecule has 3 aromatic rings. The average molecular weight is 434 g/mol. The Morgan fingerprint density at radius 1 is 1.35 bits per heavy atom. The zero-order chi connectivity index (χ0) is 18.6. The summed E-state index contributed by atoms with van der Waals surface area (Å²) in [5, 5.41) is 5.79. The summed E-state index contributed by atoms with van der Waals surface area (Å²) in [7, 11) is 3.61. The van der Waals surface area contributed by atoms with Crippen molar-refractivity contribution in [2.45, 2.75) is 25.7 Å². The van der Waals surface area contributed by atoms with Gasteiger partial charge < -0.3 is 4.90 Å². The van der Waals surface area contributed by atoms with Crippen molar-refractivity contribution in [3.63, 3.8) is 0 Å². The van der Waals surface area contributed by atoms with E-state index in [0.717, 1.165) is 39.7 Å². The number of nitrogens with zero attached hydrogens (tertiary/aromatic N) is 4. The van der Waals surface area contributed by atoms with Gasteiger partial charge in [-0.25, -0.2) is 4.98 Å². The molecule has 0 spiro atoms. The van der Waals surface area contributed by atoms with Crippen LogP contribution in [0.5, 0.6) is 0 Å². The molecule has 0 N–H and O–H groups in total. The highest BCUT2D eigenvalue weighted by atomic mass is 79.9. The Balaban J connectivity index is 1.85. The van der Waals surface area contributed by atoms with E-state index in [2.05, 4.69) is 21.0 Å². The number of fused-ring (bicyclic) bond motifs is 1. The highest BCUT2D eigenvalue weighted by Gasteiger charge is 2.29. The van der Waals surface area contributed by atoms with Crippen LogP contribution in [0, 0.1) is 6.92 Å². The second-order valence-corrected chi connectivity index (χ2v) is 8.06. The zero-order valence-electron chi connectivity index (χ0n) is 14.8. The molecule has 0 atom stereocenters. The lowest BCUT2D eigenvalue weighted by Gasteiger charge is -2.20. The van der Waals surface area contributed by atoms with Crippen LogP contribution in [0.4, 0.5) is 5.69 Å². The molecule has 1 saturated carbocycles. The average Bonchev–Trinajstić information content (AvgIpc) is 3.40. The molecule has 0 aliphatic heterocycles. The summed E-state index contributed by atoms with van der Waals surface area (Å²) in [5.74, 6) is 0.336. The zero-order valence-corrected chi connectivity index (χ0v) is 17.1. The van der Waals surface area contributed by atoms with Crippen LogP contribution < -0.4 is 4.90 Å². The summed E-state index contributed by atoms with van der Waals surface area (Å²) < 4.78 is 2.62. The quantitative estimate of drug-likeness (QED) is 0.593. The Morgan fingerprint density at radius 2 is 2.08 bits per heavy atom. The Labute approximate surface area is 165 Å². The second-order valence-electron chi connectivity index (χ2n) is 6.74. The minimum absolute atomic E-state index is 0.111. The van der Waals surface area contributed by atoms with E-state index in [4.69, 9.17) is 16.6 Å². The molecule has 0 saturated heterocycles. The van der Waals surface area contributed by atoms with Gasteiger partial charge in [-0.1, -0.05) is 27.5 Å². The van der Waals surface area contributed by atoms with Gasteiger partial charge in [-0.15, -0.1) is 0 Å². The maximum absolute atomic E-state index is 13.3. The summed E-state index contributed by atoms with van der Waals surface area (Å²) in [6, 6.07) is 7.42. The van der Waals surface area contributed by atoms with Gasteiger partial charge in [0.2, 0.25) is 0 Å². The first kappa shape index (κ1) is 17.5. The van der Waals surface area contributed by atoms with Crippen LogP contribution >= 0.6 is 27.5 Å². The summed E-state index contributed by atoms with van der Waals surface area (Å²) in [5.41, 5.74) is 3.82. The molecule has 1 fully saturated rings. The van der Waals surface area contributed by atoms with Crippen molar-refractivity contribution in [1.82, 2.24) is 14.8 Å². The van der Waals surface area contributed by atoms with Crippen LogP contribution in [0.2, 0.25) is 5.02 Å². The van der Waals surface area contributed by atoms with Crippen LogP contribution in [-0.4, -0.2) is 27.7 Å². The smallest absolute Gasteiger partial charge is 0.258 e. The number of anilines is 1. The number of aryl methyl sites for hydroxylation is 2. The minimum Gasteiger partial charge on any atom is -0.310 e. The predicted molar refractivity (Wildman–Crippen MR) is 107 cm³/mol. The van der Waals surface area contributed by atoms with E-state index in [1.807, 2.05) is 32.2 Å². The first-order valence-electron chi connectivity index (χ1n) is 8.44. The van der Waals surface area contributed by atoms with Crippen molar-refractivity contribution < 1.29 is 4.79 Å². The number of pyridine rings is 1. The van der Waals surface area contributed by atoms with E-state index in [0.29, 0.717) is 22.2 Å². The van der Waals surface area contributed by atoms with Crippen LogP contribution in [0.25, 0.3) is 11.0 Å². The lowest BCUT2D eigenvalue weighted by Crippen LogP contribution is -2.27. The first-order chi connectivity index (χ1) is 12.4. The predicted octanol–water partition coefficient (Wildman–Crippen LogP) is 4.85. The first-order valence-corrected chi connectivity index (χ1v) is 9.61. The summed E-state index contributed by atoms with van der Waals surface area (Å²) >= 11 is 9.75. The molecule has 1 aliphatic rings. The Kier molecular flexibility index (Phi) is 4.28. The fourth-order valence-electron chi connectivity index (χ4n) is 3.26. The number of rotatable bonds is 3. The third-order valence-electron chi connectivity index (χ3n) is 4.79. The number of aromatic nitrogens is 3. The molecular formula is C19H18BrClN4O. The van der Waals surface area contributed by atoms with Crippen molar-refractivity contribution in [2.75, 3.05) is 11.9 Å². The highest BCUT2D eigenvalue weighted by Crippen LogP contribution is 2.41. The van der Waals surface area contributed by atoms with Gasteiger partial charge in [-0.2, -0.15) is 5.10 Å². The van der Waals surface area contributed by atoms with E-state index in [1.54, 1.807) is 22.7 Å². The van der Waals surface area contributed by atoms with Gasteiger partial charge in [-0.05, 0) is 44.0 Å².